The number of rotatable bonds is 5. The fourth-order valence-electron chi connectivity index (χ4n) is 2.24. The maximum atomic E-state index is 12.0. The molecule has 0 aliphatic carbocycles. The van der Waals surface area contributed by atoms with Crippen molar-refractivity contribution < 1.29 is 29.3 Å². The Bertz CT molecular complexity index is 532. The summed E-state index contributed by atoms with van der Waals surface area (Å²) in [5.74, 6) is -0.544. The summed E-state index contributed by atoms with van der Waals surface area (Å²) in [4.78, 5) is 24.2. The van der Waals surface area contributed by atoms with E-state index in [0.717, 1.165) is 4.90 Å². The number of methoxy groups -OCH3 is 1. The monoisotopic (exact) mass is 295 g/mol. The number of likely N-dealkylation sites (tertiary alicyclic amines) is 1. The first-order valence-electron chi connectivity index (χ1n) is 6.48. The molecule has 2 atom stereocenters. The van der Waals surface area contributed by atoms with Crippen molar-refractivity contribution in [2.75, 3.05) is 20.3 Å². The highest BCUT2D eigenvalue weighted by Crippen LogP contribution is 2.21. The van der Waals surface area contributed by atoms with Gasteiger partial charge in [0.15, 0.2) is 6.61 Å². The number of aliphatic hydroxyl groups excluding tert-OH is 1. The number of hydrogen-bond acceptors (Lipinski definition) is 5. The van der Waals surface area contributed by atoms with E-state index in [1.165, 1.54) is 7.11 Å². The Labute approximate surface area is 121 Å². The molecule has 1 aliphatic heterocycles. The van der Waals surface area contributed by atoms with Crippen LogP contribution in [-0.4, -0.2) is 59.4 Å². The number of benzene rings is 1. The van der Waals surface area contributed by atoms with Crippen LogP contribution in [0.2, 0.25) is 0 Å². The average Bonchev–Trinajstić information content (AvgIpc) is 2.87. The summed E-state index contributed by atoms with van der Waals surface area (Å²) < 4.78 is 10.4. The molecule has 1 aliphatic rings. The predicted octanol–water partition coefficient (Wildman–Crippen LogP) is 0.120. The Kier molecular flexibility index (Phi) is 4.64. The molecule has 0 aromatic heterocycles. The van der Waals surface area contributed by atoms with Gasteiger partial charge >= 0.3 is 5.97 Å². The van der Waals surface area contributed by atoms with Crippen molar-refractivity contribution in [2.24, 2.45) is 0 Å². The van der Waals surface area contributed by atoms with Crippen molar-refractivity contribution in [1.82, 2.24) is 4.90 Å². The molecule has 21 heavy (non-hydrogen) atoms. The second-order valence-corrected chi connectivity index (χ2v) is 4.76. The number of β-amino-alcohol motifs (C(OH)–C–C–N with tert-alkyl or cyclic N) is 1. The molecule has 1 aromatic rings. The third-order valence-electron chi connectivity index (χ3n) is 3.29. The van der Waals surface area contributed by atoms with Crippen LogP contribution in [0.25, 0.3) is 0 Å². The van der Waals surface area contributed by atoms with E-state index >= 15 is 0 Å². The first kappa shape index (κ1) is 15.1. The number of carbonyl (C=O) groups is 2. The first-order chi connectivity index (χ1) is 10.0. The van der Waals surface area contributed by atoms with Gasteiger partial charge in [-0.25, -0.2) is 4.79 Å². The number of carbonyl (C=O) groups excluding carboxylic acids is 1. The summed E-state index contributed by atoms with van der Waals surface area (Å²) >= 11 is 0. The highest BCUT2D eigenvalue weighted by Gasteiger charge is 2.38. The zero-order valence-corrected chi connectivity index (χ0v) is 11.6. The lowest BCUT2D eigenvalue weighted by Gasteiger charge is -2.21. The Hall–Kier alpha value is -2.28. The lowest BCUT2D eigenvalue weighted by Crippen LogP contribution is -2.42. The minimum atomic E-state index is -1.12. The largest absolute Gasteiger partial charge is 0.497 e. The van der Waals surface area contributed by atoms with E-state index in [-0.39, 0.29) is 19.6 Å². The van der Waals surface area contributed by atoms with Gasteiger partial charge in [-0.15, -0.1) is 0 Å². The normalized spacial score (nSPS) is 21.1. The van der Waals surface area contributed by atoms with E-state index in [0.29, 0.717) is 11.5 Å². The Morgan fingerprint density at radius 2 is 2.10 bits per heavy atom. The molecule has 1 saturated heterocycles. The molecule has 2 N–H and O–H groups in total. The van der Waals surface area contributed by atoms with Crippen LogP contribution in [0.4, 0.5) is 0 Å². The number of carboxylic acids is 1. The summed E-state index contributed by atoms with van der Waals surface area (Å²) in [5.41, 5.74) is 0. The molecule has 114 valence electrons. The number of carboxylic acid groups (broad SMARTS) is 1. The van der Waals surface area contributed by atoms with Gasteiger partial charge in [0.1, 0.15) is 17.5 Å². The summed E-state index contributed by atoms with van der Waals surface area (Å²) in [5, 5.41) is 18.5. The van der Waals surface area contributed by atoms with Crippen LogP contribution in [0.1, 0.15) is 6.42 Å². The number of aliphatic carboxylic acids is 1. The van der Waals surface area contributed by atoms with Crippen LogP contribution >= 0.6 is 0 Å². The van der Waals surface area contributed by atoms with Gasteiger partial charge in [0, 0.05) is 19.0 Å². The van der Waals surface area contributed by atoms with Gasteiger partial charge in [0.05, 0.1) is 13.2 Å². The molecule has 0 bridgehead atoms. The minimum absolute atomic E-state index is 0.0112. The molecule has 0 spiro atoms. The van der Waals surface area contributed by atoms with Gasteiger partial charge in [-0.05, 0) is 12.1 Å². The SMILES string of the molecule is COc1cccc(OCC(=O)N2C[C@@H](O)C[C@H]2C(=O)O)c1. The van der Waals surface area contributed by atoms with E-state index in [1.807, 2.05) is 0 Å². The molecule has 0 unspecified atom stereocenters. The van der Waals surface area contributed by atoms with E-state index < -0.39 is 24.0 Å². The van der Waals surface area contributed by atoms with E-state index in [1.54, 1.807) is 24.3 Å². The van der Waals surface area contributed by atoms with Gasteiger partial charge in [0.25, 0.3) is 5.91 Å². The summed E-state index contributed by atoms with van der Waals surface area (Å²) in [6, 6.07) is 5.76. The molecule has 0 radical (unpaired) electrons. The van der Waals surface area contributed by atoms with Crippen LogP contribution in [0.3, 0.4) is 0 Å². The van der Waals surface area contributed by atoms with E-state index in [4.69, 9.17) is 14.6 Å². The third kappa shape index (κ3) is 3.63. The van der Waals surface area contributed by atoms with E-state index in [9.17, 15) is 14.7 Å². The van der Waals surface area contributed by atoms with Crippen LogP contribution in [0.15, 0.2) is 24.3 Å². The smallest absolute Gasteiger partial charge is 0.326 e. The number of hydrogen-bond donors (Lipinski definition) is 2. The highest BCUT2D eigenvalue weighted by molar-refractivity contribution is 5.85. The van der Waals surface area contributed by atoms with Gasteiger partial charge in [0.2, 0.25) is 0 Å². The Morgan fingerprint density at radius 1 is 1.38 bits per heavy atom. The topological polar surface area (TPSA) is 96.3 Å². The Balaban J connectivity index is 1.96. The van der Waals surface area contributed by atoms with Crippen LogP contribution in [0, 0.1) is 0 Å². The molecule has 7 nitrogen and oxygen atoms in total. The van der Waals surface area contributed by atoms with Crippen LogP contribution in [-0.2, 0) is 9.59 Å². The van der Waals surface area contributed by atoms with Crippen molar-refractivity contribution in [2.45, 2.75) is 18.6 Å². The molecule has 1 aromatic carbocycles. The van der Waals surface area contributed by atoms with Crippen molar-refractivity contribution in [3.8, 4) is 11.5 Å². The quantitative estimate of drug-likeness (QED) is 0.801. The second-order valence-electron chi connectivity index (χ2n) is 4.76. The molecule has 1 amide bonds. The average molecular weight is 295 g/mol. The van der Waals surface area contributed by atoms with Gasteiger partial charge in [-0.1, -0.05) is 6.07 Å². The standard InChI is InChI=1S/C14H17NO6/c1-20-10-3-2-4-11(6-10)21-8-13(17)15-7-9(16)5-12(15)14(18)19/h2-4,6,9,12,16H,5,7-8H2,1H3,(H,18,19)/t9-,12-/m0/s1. The maximum absolute atomic E-state index is 12.0. The van der Waals surface area contributed by atoms with Gasteiger partial charge in [-0.3, -0.25) is 4.79 Å². The molecule has 7 heteroatoms. The van der Waals surface area contributed by atoms with Gasteiger partial charge in [-0.2, -0.15) is 0 Å². The molecular weight excluding hydrogens is 278 g/mol. The summed E-state index contributed by atoms with van der Waals surface area (Å²) in [6.07, 6.45) is -0.771. The first-order valence-corrected chi connectivity index (χ1v) is 6.48. The predicted molar refractivity (Wildman–Crippen MR) is 72.2 cm³/mol. The van der Waals surface area contributed by atoms with Crippen LogP contribution < -0.4 is 9.47 Å². The molecular formula is C14H17NO6. The van der Waals surface area contributed by atoms with Crippen molar-refractivity contribution in [3.05, 3.63) is 24.3 Å². The maximum Gasteiger partial charge on any atom is 0.326 e. The summed E-state index contributed by atoms with van der Waals surface area (Å²) in [7, 11) is 1.52. The molecule has 2 rings (SSSR count). The fraction of sp³-hybridized carbons (Fsp3) is 0.429. The summed E-state index contributed by atoms with van der Waals surface area (Å²) in [6.45, 7) is -0.277. The molecule has 1 heterocycles. The van der Waals surface area contributed by atoms with Crippen molar-refractivity contribution in [1.29, 1.82) is 0 Å². The number of amides is 1. The fourth-order valence-corrected chi connectivity index (χ4v) is 2.24. The van der Waals surface area contributed by atoms with Crippen molar-refractivity contribution in [3.63, 3.8) is 0 Å². The lowest BCUT2D eigenvalue weighted by atomic mass is 10.2. The number of ether oxygens (including phenoxy) is 2. The number of aliphatic hydroxyl groups is 1. The minimum Gasteiger partial charge on any atom is -0.497 e. The molecule has 0 saturated carbocycles. The third-order valence-corrected chi connectivity index (χ3v) is 3.29. The van der Waals surface area contributed by atoms with Gasteiger partial charge < -0.3 is 24.6 Å². The zero-order valence-electron chi connectivity index (χ0n) is 11.6. The second kappa shape index (κ2) is 6.45. The van der Waals surface area contributed by atoms with Crippen LogP contribution in [0.5, 0.6) is 11.5 Å². The highest BCUT2D eigenvalue weighted by atomic mass is 16.5. The lowest BCUT2D eigenvalue weighted by molar-refractivity contribution is -0.148. The number of nitrogens with zero attached hydrogens (tertiary/aromatic N) is 1. The van der Waals surface area contributed by atoms with E-state index in [2.05, 4.69) is 0 Å². The molecule has 1 fully saturated rings. The zero-order chi connectivity index (χ0) is 15.4. The Morgan fingerprint density at radius 3 is 2.76 bits per heavy atom. The van der Waals surface area contributed by atoms with Crippen molar-refractivity contribution >= 4 is 11.9 Å².